The third-order valence-electron chi connectivity index (χ3n) is 3.35. The molecular formula is C16H15N3O3S3. The average molecular weight is 394 g/mol. The summed E-state index contributed by atoms with van der Waals surface area (Å²) in [5.74, 6) is 0.739. The second-order valence-corrected chi connectivity index (χ2v) is 8.46. The molecule has 130 valence electrons. The highest BCUT2D eigenvalue weighted by Gasteiger charge is 2.17. The van der Waals surface area contributed by atoms with E-state index in [2.05, 4.69) is 14.9 Å². The summed E-state index contributed by atoms with van der Waals surface area (Å²) in [4.78, 5) is 1.18. The SMILES string of the molecule is COc1ccc(-c2nnc(NS(=O)(=O)c3ccc(SC)cc3)s2)cc1. The zero-order valence-corrected chi connectivity index (χ0v) is 15.9. The van der Waals surface area contributed by atoms with Crippen molar-refractivity contribution in [3.63, 3.8) is 0 Å². The van der Waals surface area contributed by atoms with Crippen molar-refractivity contribution >= 4 is 38.3 Å². The molecule has 0 fully saturated rings. The van der Waals surface area contributed by atoms with Crippen LogP contribution in [0.15, 0.2) is 58.3 Å². The third kappa shape index (κ3) is 4.12. The van der Waals surface area contributed by atoms with E-state index >= 15 is 0 Å². The molecule has 1 aromatic heterocycles. The van der Waals surface area contributed by atoms with Crippen LogP contribution >= 0.6 is 23.1 Å². The predicted molar refractivity (Wildman–Crippen MR) is 101 cm³/mol. The zero-order valence-electron chi connectivity index (χ0n) is 13.5. The van der Waals surface area contributed by atoms with E-state index in [4.69, 9.17) is 4.74 Å². The van der Waals surface area contributed by atoms with E-state index in [0.717, 1.165) is 16.2 Å². The van der Waals surface area contributed by atoms with E-state index in [9.17, 15) is 8.42 Å². The van der Waals surface area contributed by atoms with Crippen LogP contribution < -0.4 is 9.46 Å². The second kappa shape index (κ2) is 7.42. The molecule has 0 aliphatic rings. The van der Waals surface area contributed by atoms with E-state index in [0.29, 0.717) is 5.01 Å². The summed E-state index contributed by atoms with van der Waals surface area (Å²) >= 11 is 2.72. The van der Waals surface area contributed by atoms with Crippen LogP contribution in [0.2, 0.25) is 0 Å². The number of thioether (sulfide) groups is 1. The van der Waals surface area contributed by atoms with E-state index in [-0.39, 0.29) is 10.0 Å². The Labute approximate surface area is 154 Å². The van der Waals surface area contributed by atoms with E-state index in [1.807, 2.05) is 30.5 Å². The van der Waals surface area contributed by atoms with Crippen LogP contribution in [0.25, 0.3) is 10.6 Å². The minimum Gasteiger partial charge on any atom is -0.497 e. The van der Waals surface area contributed by atoms with Crippen LogP contribution in [0.5, 0.6) is 5.75 Å². The Hall–Kier alpha value is -2.10. The van der Waals surface area contributed by atoms with Crippen LogP contribution in [0, 0.1) is 0 Å². The van der Waals surface area contributed by atoms with E-state index in [1.54, 1.807) is 43.1 Å². The first-order valence-electron chi connectivity index (χ1n) is 7.16. The monoisotopic (exact) mass is 393 g/mol. The van der Waals surface area contributed by atoms with Crippen LogP contribution in [-0.4, -0.2) is 32.0 Å². The Morgan fingerprint density at radius 3 is 2.32 bits per heavy atom. The molecule has 0 unspecified atom stereocenters. The number of hydrogen-bond donors (Lipinski definition) is 1. The zero-order chi connectivity index (χ0) is 17.9. The lowest BCUT2D eigenvalue weighted by molar-refractivity contribution is 0.415. The molecule has 0 amide bonds. The third-order valence-corrected chi connectivity index (χ3v) is 6.47. The minimum absolute atomic E-state index is 0.187. The second-order valence-electron chi connectivity index (χ2n) is 4.92. The van der Waals surface area contributed by atoms with Gasteiger partial charge in [-0.2, -0.15) is 0 Å². The van der Waals surface area contributed by atoms with Gasteiger partial charge >= 0.3 is 0 Å². The number of anilines is 1. The first kappa shape index (κ1) is 17.7. The van der Waals surface area contributed by atoms with Gasteiger partial charge in [-0.05, 0) is 54.8 Å². The van der Waals surface area contributed by atoms with E-state index < -0.39 is 10.0 Å². The topological polar surface area (TPSA) is 81.2 Å². The minimum atomic E-state index is -3.69. The Morgan fingerprint density at radius 2 is 1.72 bits per heavy atom. The van der Waals surface area contributed by atoms with Crippen molar-refractivity contribution in [3.8, 4) is 16.3 Å². The summed E-state index contributed by atoms with van der Waals surface area (Å²) in [5.41, 5.74) is 0.841. The van der Waals surface area contributed by atoms with Crippen molar-refractivity contribution in [2.45, 2.75) is 9.79 Å². The number of benzene rings is 2. The fourth-order valence-corrected chi connectivity index (χ4v) is 4.43. The summed E-state index contributed by atoms with van der Waals surface area (Å²) in [6.07, 6.45) is 1.93. The lowest BCUT2D eigenvalue weighted by Crippen LogP contribution is -2.12. The lowest BCUT2D eigenvalue weighted by Gasteiger charge is -2.05. The standard InChI is InChI=1S/C16H15N3O3S3/c1-22-12-5-3-11(4-6-12)15-17-18-16(24-15)19-25(20,21)14-9-7-13(23-2)8-10-14/h3-10H,1-2H3,(H,18,19). The summed E-state index contributed by atoms with van der Waals surface area (Å²) in [7, 11) is -2.09. The molecule has 25 heavy (non-hydrogen) atoms. The first-order chi connectivity index (χ1) is 12.0. The summed E-state index contributed by atoms with van der Waals surface area (Å²) in [6.45, 7) is 0. The Kier molecular flexibility index (Phi) is 5.26. The van der Waals surface area contributed by atoms with Gasteiger partial charge in [0.2, 0.25) is 5.13 Å². The summed E-state index contributed by atoms with van der Waals surface area (Å²) in [6, 6.07) is 14.0. The molecule has 1 N–H and O–H groups in total. The molecule has 0 spiro atoms. The first-order valence-corrected chi connectivity index (χ1v) is 10.7. The highest BCUT2D eigenvalue weighted by Crippen LogP contribution is 2.29. The van der Waals surface area contributed by atoms with Crippen molar-refractivity contribution in [1.82, 2.24) is 10.2 Å². The molecule has 0 saturated carbocycles. The molecule has 3 rings (SSSR count). The molecule has 0 saturated heterocycles. The fourth-order valence-electron chi connectivity index (χ4n) is 2.04. The van der Waals surface area contributed by atoms with Crippen LogP contribution in [0.1, 0.15) is 0 Å². The Balaban J connectivity index is 1.79. The average Bonchev–Trinajstić information content (AvgIpc) is 3.09. The maximum atomic E-state index is 12.4. The number of nitrogens with one attached hydrogen (secondary N) is 1. The van der Waals surface area contributed by atoms with Gasteiger partial charge in [0.05, 0.1) is 12.0 Å². The summed E-state index contributed by atoms with van der Waals surface area (Å²) in [5, 5.41) is 8.81. The quantitative estimate of drug-likeness (QED) is 0.643. The number of hydrogen-bond acceptors (Lipinski definition) is 7. The van der Waals surface area contributed by atoms with Crippen molar-refractivity contribution in [2.24, 2.45) is 0 Å². The van der Waals surface area contributed by atoms with Crippen molar-refractivity contribution in [3.05, 3.63) is 48.5 Å². The predicted octanol–water partition coefficient (Wildman–Crippen LogP) is 3.74. The Morgan fingerprint density at radius 1 is 1.04 bits per heavy atom. The van der Waals surface area contributed by atoms with Gasteiger partial charge in [-0.1, -0.05) is 11.3 Å². The summed E-state index contributed by atoms with van der Waals surface area (Å²) < 4.78 is 32.5. The molecule has 9 heteroatoms. The molecular weight excluding hydrogens is 378 g/mol. The smallest absolute Gasteiger partial charge is 0.263 e. The number of rotatable bonds is 6. The van der Waals surface area contributed by atoms with Gasteiger partial charge in [-0.15, -0.1) is 22.0 Å². The van der Waals surface area contributed by atoms with Crippen LogP contribution in [0.4, 0.5) is 5.13 Å². The molecule has 3 aromatic rings. The molecule has 6 nitrogen and oxygen atoms in total. The molecule has 0 bridgehead atoms. The number of sulfonamides is 1. The number of ether oxygens (including phenoxy) is 1. The number of aromatic nitrogens is 2. The number of nitrogens with zero attached hydrogens (tertiary/aromatic N) is 2. The van der Waals surface area contributed by atoms with Crippen molar-refractivity contribution in [1.29, 1.82) is 0 Å². The van der Waals surface area contributed by atoms with E-state index in [1.165, 1.54) is 11.3 Å². The molecule has 0 aliphatic heterocycles. The fraction of sp³-hybridized carbons (Fsp3) is 0.125. The van der Waals surface area contributed by atoms with Gasteiger partial charge in [0.1, 0.15) is 10.8 Å². The highest BCUT2D eigenvalue weighted by molar-refractivity contribution is 7.98. The van der Waals surface area contributed by atoms with Crippen LogP contribution in [0.3, 0.4) is 0 Å². The largest absolute Gasteiger partial charge is 0.497 e. The maximum absolute atomic E-state index is 12.4. The molecule has 1 heterocycles. The number of methoxy groups -OCH3 is 1. The molecule has 0 radical (unpaired) electrons. The highest BCUT2D eigenvalue weighted by atomic mass is 32.2. The van der Waals surface area contributed by atoms with Crippen molar-refractivity contribution in [2.75, 3.05) is 18.1 Å². The molecule has 0 atom stereocenters. The van der Waals surface area contributed by atoms with Gasteiger partial charge in [-0.3, -0.25) is 4.72 Å². The van der Waals surface area contributed by atoms with Crippen molar-refractivity contribution < 1.29 is 13.2 Å². The molecule has 2 aromatic carbocycles. The van der Waals surface area contributed by atoms with Gasteiger partial charge in [-0.25, -0.2) is 8.42 Å². The van der Waals surface area contributed by atoms with Gasteiger partial charge < -0.3 is 4.74 Å². The maximum Gasteiger partial charge on any atom is 0.263 e. The lowest BCUT2D eigenvalue weighted by atomic mass is 10.2. The van der Waals surface area contributed by atoms with Crippen LogP contribution in [-0.2, 0) is 10.0 Å². The Bertz CT molecular complexity index is 952. The van der Waals surface area contributed by atoms with Gasteiger partial charge in [0, 0.05) is 10.5 Å². The normalized spacial score (nSPS) is 11.3. The van der Waals surface area contributed by atoms with Gasteiger partial charge in [0.25, 0.3) is 10.0 Å². The molecule has 0 aliphatic carbocycles. The van der Waals surface area contributed by atoms with Gasteiger partial charge in [0.15, 0.2) is 0 Å².